The third kappa shape index (κ3) is 3.62. The van der Waals surface area contributed by atoms with Gasteiger partial charge in [-0.1, -0.05) is 23.3 Å². The molecule has 0 spiro atoms. The Morgan fingerprint density at radius 2 is 2.33 bits per heavy atom. The van der Waals surface area contributed by atoms with E-state index in [0.717, 1.165) is 11.5 Å². The number of aromatic nitrogens is 2. The van der Waals surface area contributed by atoms with Gasteiger partial charge in [0, 0.05) is 5.56 Å². The van der Waals surface area contributed by atoms with Crippen molar-refractivity contribution in [2.75, 3.05) is 11.9 Å². The largest absolute Gasteiger partial charge is 0.320 e. The lowest BCUT2D eigenvalue weighted by atomic mass is 10.2. The van der Waals surface area contributed by atoms with Crippen molar-refractivity contribution in [3.63, 3.8) is 0 Å². The minimum absolute atomic E-state index is 0.0914. The van der Waals surface area contributed by atoms with Crippen LogP contribution in [-0.2, 0) is 6.42 Å². The summed E-state index contributed by atoms with van der Waals surface area (Å²) >= 11 is 0.990. The minimum Gasteiger partial charge on any atom is -0.320 e. The van der Waals surface area contributed by atoms with Crippen LogP contribution in [0.2, 0.25) is 0 Å². The van der Waals surface area contributed by atoms with E-state index in [1.54, 1.807) is 6.07 Å². The summed E-state index contributed by atoms with van der Waals surface area (Å²) in [5.74, 6) is 4.40. The lowest BCUT2D eigenvalue weighted by Gasteiger charge is -2.05. The van der Waals surface area contributed by atoms with E-state index in [0.29, 0.717) is 22.6 Å². The van der Waals surface area contributed by atoms with Crippen molar-refractivity contribution in [1.29, 1.82) is 0 Å². The van der Waals surface area contributed by atoms with Gasteiger partial charge in [-0.2, -0.15) is 0 Å². The number of nitrogens with one attached hydrogen (secondary N) is 1. The molecule has 21 heavy (non-hydrogen) atoms. The van der Waals surface area contributed by atoms with Crippen LogP contribution in [0.3, 0.4) is 0 Å². The van der Waals surface area contributed by atoms with E-state index in [2.05, 4.69) is 26.7 Å². The highest BCUT2D eigenvalue weighted by Crippen LogP contribution is 2.18. The molecule has 0 atom stereocenters. The van der Waals surface area contributed by atoms with Gasteiger partial charge >= 0.3 is 0 Å². The molecule has 0 bridgehead atoms. The zero-order valence-electron chi connectivity index (χ0n) is 11.3. The van der Waals surface area contributed by atoms with Crippen molar-refractivity contribution in [3.8, 4) is 11.8 Å². The predicted molar refractivity (Wildman–Crippen MR) is 79.6 cm³/mol. The molecule has 0 aliphatic rings. The molecular weight excluding hydrogens is 291 g/mol. The number of nitrogens with zero attached hydrogens (tertiary/aromatic N) is 2. The molecule has 1 aromatic carbocycles. The Morgan fingerprint density at radius 1 is 1.52 bits per heavy atom. The maximum Gasteiger partial charge on any atom is 0.269 e. The Balaban J connectivity index is 2.18. The summed E-state index contributed by atoms with van der Waals surface area (Å²) in [4.78, 5) is 12.5. The monoisotopic (exact) mass is 304 g/mol. The zero-order chi connectivity index (χ0) is 15.2. The van der Waals surface area contributed by atoms with E-state index < -0.39 is 11.7 Å². The first-order valence-corrected chi connectivity index (χ1v) is 7.04. The molecule has 108 valence electrons. The first kappa shape index (κ1) is 15.1. The summed E-state index contributed by atoms with van der Waals surface area (Å²) in [6.07, 6.45) is 0.593. The number of rotatable bonds is 3. The van der Waals surface area contributed by atoms with E-state index in [4.69, 9.17) is 5.73 Å². The number of carbonyl (C=O) groups is 1. The number of anilines is 1. The highest BCUT2D eigenvalue weighted by atomic mass is 32.1. The van der Waals surface area contributed by atoms with Crippen LogP contribution >= 0.6 is 11.5 Å². The smallest absolute Gasteiger partial charge is 0.269 e. The Morgan fingerprint density at radius 3 is 3.00 bits per heavy atom. The third-order valence-electron chi connectivity index (χ3n) is 2.65. The highest BCUT2D eigenvalue weighted by Gasteiger charge is 2.16. The Bertz CT molecular complexity index is 717. The minimum atomic E-state index is -0.553. The van der Waals surface area contributed by atoms with Gasteiger partial charge in [-0.05, 0) is 36.2 Å². The molecule has 0 aliphatic carbocycles. The van der Waals surface area contributed by atoms with Gasteiger partial charge in [0.1, 0.15) is 10.7 Å². The van der Waals surface area contributed by atoms with Crippen LogP contribution in [0.15, 0.2) is 18.2 Å². The van der Waals surface area contributed by atoms with E-state index >= 15 is 0 Å². The summed E-state index contributed by atoms with van der Waals surface area (Å²) in [7, 11) is 0. The first-order valence-electron chi connectivity index (χ1n) is 6.26. The number of nitrogens with two attached hydrogens (primary N) is 1. The number of hydrogen-bond acceptors (Lipinski definition) is 5. The lowest BCUT2D eigenvalue weighted by Crippen LogP contribution is -2.13. The fourth-order valence-electron chi connectivity index (χ4n) is 1.64. The van der Waals surface area contributed by atoms with E-state index in [-0.39, 0.29) is 12.2 Å². The molecule has 1 amide bonds. The van der Waals surface area contributed by atoms with E-state index in [1.165, 1.54) is 12.1 Å². The summed E-state index contributed by atoms with van der Waals surface area (Å²) in [6.45, 7) is 2.08. The second-order valence-corrected chi connectivity index (χ2v) is 4.81. The summed E-state index contributed by atoms with van der Waals surface area (Å²) in [6, 6.07) is 4.34. The van der Waals surface area contributed by atoms with Crippen LogP contribution in [0.25, 0.3) is 0 Å². The predicted octanol–water partition coefficient (Wildman–Crippen LogP) is 1.80. The van der Waals surface area contributed by atoms with Gasteiger partial charge in [0.15, 0.2) is 0 Å². The number of carbonyl (C=O) groups excluding carboxylic acids is 1. The lowest BCUT2D eigenvalue weighted by molar-refractivity contribution is 0.102. The molecule has 5 nitrogen and oxygen atoms in total. The topological polar surface area (TPSA) is 80.9 Å². The quantitative estimate of drug-likeness (QED) is 0.847. The SMILES string of the molecule is CCc1nnsc1C(=O)Nc1ccc(C#CCN)cc1F. The second kappa shape index (κ2) is 6.92. The van der Waals surface area contributed by atoms with Crippen LogP contribution < -0.4 is 11.1 Å². The summed E-state index contributed by atoms with van der Waals surface area (Å²) < 4.78 is 17.7. The van der Waals surface area contributed by atoms with E-state index in [9.17, 15) is 9.18 Å². The van der Waals surface area contributed by atoms with Gasteiger partial charge < -0.3 is 11.1 Å². The van der Waals surface area contributed by atoms with Crippen LogP contribution in [-0.4, -0.2) is 22.0 Å². The van der Waals surface area contributed by atoms with Gasteiger partial charge in [0.2, 0.25) is 0 Å². The molecule has 0 fully saturated rings. The van der Waals surface area contributed by atoms with Gasteiger partial charge in [0.25, 0.3) is 5.91 Å². The van der Waals surface area contributed by atoms with Gasteiger partial charge in [-0.15, -0.1) is 5.10 Å². The molecule has 0 saturated carbocycles. The molecule has 0 unspecified atom stereocenters. The number of benzene rings is 1. The fraction of sp³-hybridized carbons (Fsp3) is 0.214. The molecule has 3 N–H and O–H groups in total. The summed E-state index contributed by atoms with van der Waals surface area (Å²) in [5.41, 5.74) is 6.45. The standard InChI is InChI=1S/C14H13FN4OS/c1-2-11-13(21-19-18-11)14(20)17-12-6-5-9(4-3-7-16)8-10(12)15/h5-6,8H,2,7,16H2,1H3,(H,17,20). The Kier molecular flexibility index (Phi) is 4.98. The van der Waals surface area contributed by atoms with Crippen LogP contribution in [0.5, 0.6) is 0 Å². The Hall–Kier alpha value is -2.30. The number of hydrogen-bond donors (Lipinski definition) is 2. The molecule has 2 aromatic rings. The molecular formula is C14H13FN4OS. The van der Waals surface area contributed by atoms with Gasteiger partial charge in [-0.25, -0.2) is 4.39 Å². The summed E-state index contributed by atoms with van der Waals surface area (Å²) in [5, 5.41) is 6.37. The van der Waals surface area contributed by atoms with Crippen molar-refractivity contribution in [2.45, 2.75) is 13.3 Å². The van der Waals surface area contributed by atoms with Crippen molar-refractivity contribution in [2.24, 2.45) is 5.73 Å². The Labute approximate surface area is 125 Å². The zero-order valence-corrected chi connectivity index (χ0v) is 12.1. The van der Waals surface area contributed by atoms with Crippen molar-refractivity contribution in [1.82, 2.24) is 9.59 Å². The molecule has 7 heteroatoms. The third-order valence-corrected chi connectivity index (χ3v) is 3.42. The number of aryl methyl sites for hydroxylation is 1. The molecule has 0 radical (unpaired) electrons. The molecule has 2 rings (SSSR count). The molecule has 0 saturated heterocycles. The second-order valence-electron chi connectivity index (χ2n) is 4.06. The number of halogens is 1. The van der Waals surface area contributed by atoms with Crippen molar-refractivity contribution >= 4 is 23.1 Å². The van der Waals surface area contributed by atoms with Crippen LogP contribution in [0, 0.1) is 17.7 Å². The molecule has 0 aliphatic heterocycles. The maximum atomic E-state index is 13.9. The van der Waals surface area contributed by atoms with E-state index in [1.807, 2.05) is 6.92 Å². The van der Waals surface area contributed by atoms with Crippen LogP contribution in [0.1, 0.15) is 27.9 Å². The maximum absolute atomic E-state index is 13.9. The molecule has 1 aromatic heterocycles. The molecule has 1 heterocycles. The van der Waals surface area contributed by atoms with Crippen molar-refractivity contribution < 1.29 is 9.18 Å². The first-order chi connectivity index (χ1) is 10.2. The highest BCUT2D eigenvalue weighted by molar-refractivity contribution is 7.08. The number of amides is 1. The fourth-order valence-corrected chi connectivity index (χ4v) is 2.28. The van der Waals surface area contributed by atoms with Gasteiger partial charge in [0.05, 0.1) is 17.9 Å². The average Bonchev–Trinajstić information content (AvgIpc) is 2.96. The van der Waals surface area contributed by atoms with Crippen LogP contribution in [0.4, 0.5) is 10.1 Å². The normalized spacial score (nSPS) is 9.86. The average molecular weight is 304 g/mol. The van der Waals surface area contributed by atoms with Gasteiger partial charge in [-0.3, -0.25) is 4.79 Å². The van der Waals surface area contributed by atoms with Crippen molar-refractivity contribution in [3.05, 3.63) is 40.2 Å².